The topological polar surface area (TPSA) is 70.9 Å². The predicted molar refractivity (Wildman–Crippen MR) is 105 cm³/mol. The van der Waals surface area contributed by atoms with Crippen molar-refractivity contribution in [3.63, 3.8) is 0 Å². The summed E-state index contributed by atoms with van der Waals surface area (Å²) >= 11 is 0. The Bertz CT molecular complexity index is 1140. The molecule has 2 N–H and O–H groups in total. The second-order valence-electron chi connectivity index (χ2n) is 7.03. The van der Waals surface area contributed by atoms with Crippen LogP contribution in [0.2, 0.25) is 0 Å². The number of amides is 1. The molecule has 1 atom stereocenters. The number of carbonyl (C=O) groups excluding carboxylic acids is 1. The number of rotatable bonds is 4. The van der Waals surface area contributed by atoms with Crippen molar-refractivity contribution in [1.29, 1.82) is 0 Å². The molecule has 1 amide bonds. The maximum atomic E-state index is 12.9. The highest BCUT2D eigenvalue weighted by Gasteiger charge is 2.60. The van der Waals surface area contributed by atoms with Crippen LogP contribution in [-0.2, 0) is 11.4 Å². The summed E-state index contributed by atoms with van der Waals surface area (Å²) in [6, 6.07) is 19.6. The summed E-state index contributed by atoms with van der Waals surface area (Å²) in [5.41, 5.74) is 1.55. The van der Waals surface area contributed by atoms with Crippen molar-refractivity contribution >= 4 is 22.4 Å². The number of hydrogen-bond donors (Lipinski definition) is 2. The molecule has 4 rings (SSSR count). The van der Waals surface area contributed by atoms with Crippen LogP contribution >= 0.6 is 0 Å². The van der Waals surface area contributed by atoms with Gasteiger partial charge in [0.2, 0.25) is 0 Å². The summed E-state index contributed by atoms with van der Waals surface area (Å²) in [7, 11) is 0. The third kappa shape index (κ3) is 3.86. The van der Waals surface area contributed by atoms with Crippen LogP contribution in [0.25, 0.3) is 10.8 Å². The molecular formula is C22H17F3N2O3. The minimum Gasteiger partial charge on any atom is -0.350 e. The molecule has 0 radical (unpaired) electrons. The summed E-state index contributed by atoms with van der Waals surface area (Å²) < 4.78 is 38.7. The van der Waals surface area contributed by atoms with Crippen LogP contribution in [0, 0.1) is 0 Å². The lowest BCUT2D eigenvalue weighted by Gasteiger charge is -2.22. The molecule has 0 spiro atoms. The Labute approximate surface area is 169 Å². The highest BCUT2D eigenvalue weighted by molar-refractivity contribution is 6.02. The van der Waals surface area contributed by atoms with Gasteiger partial charge in [0.05, 0.1) is 12.1 Å². The van der Waals surface area contributed by atoms with E-state index in [0.29, 0.717) is 16.7 Å². The molecule has 1 unspecified atom stereocenters. The number of oxime groups is 1. The third-order valence-electron chi connectivity index (χ3n) is 4.88. The molecule has 3 aromatic rings. The fourth-order valence-electron chi connectivity index (χ4n) is 3.20. The number of carbonyl (C=O) groups is 1. The van der Waals surface area contributed by atoms with Gasteiger partial charge in [-0.2, -0.15) is 13.2 Å². The van der Waals surface area contributed by atoms with Crippen LogP contribution in [0.1, 0.15) is 27.9 Å². The van der Waals surface area contributed by atoms with Gasteiger partial charge < -0.3 is 15.3 Å². The van der Waals surface area contributed by atoms with Crippen LogP contribution < -0.4 is 5.32 Å². The van der Waals surface area contributed by atoms with Gasteiger partial charge in [-0.05, 0) is 40.1 Å². The van der Waals surface area contributed by atoms with Crippen molar-refractivity contribution in [2.24, 2.45) is 5.16 Å². The standard InChI is InChI=1S/C22H17F3N2O3/c23-22(24,25)21(29)12-19(27-30-21)17-7-3-4-14(10-17)13-26-20(28)18-9-8-15-5-1-2-6-16(15)11-18/h1-11,29H,12-13H2,(H,26,28). The van der Waals surface area contributed by atoms with E-state index in [9.17, 15) is 23.1 Å². The molecule has 0 fully saturated rings. The van der Waals surface area contributed by atoms with Gasteiger partial charge in [-0.1, -0.05) is 53.7 Å². The lowest BCUT2D eigenvalue weighted by molar-refractivity contribution is -0.355. The number of fused-ring (bicyclic) bond motifs is 1. The molecule has 0 aromatic heterocycles. The van der Waals surface area contributed by atoms with Crippen molar-refractivity contribution in [1.82, 2.24) is 5.32 Å². The zero-order valence-electron chi connectivity index (χ0n) is 15.6. The van der Waals surface area contributed by atoms with Gasteiger partial charge in [0, 0.05) is 12.1 Å². The zero-order chi connectivity index (χ0) is 21.4. The third-order valence-corrected chi connectivity index (χ3v) is 4.88. The van der Waals surface area contributed by atoms with Crippen molar-refractivity contribution in [2.75, 3.05) is 0 Å². The summed E-state index contributed by atoms with van der Waals surface area (Å²) in [6.45, 7) is 0.178. The second-order valence-corrected chi connectivity index (χ2v) is 7.03. The van der Waals surface area contributed by atoms with E-state index < -0.39 is 18.4 Å². The quantitative estimate of drug-likeness (QED) is 0.674. The van der Waals surface area contributed by atoms with Crippen LogP contribution in [0.15, 0.2) is 71.9 Å². The molecule has 0 saturated carbocycles. The zero-order valence-corrected chi connectivity index (χ0v) is 15.6. The Kier molecular flexibility index (Phi) is 4.95. The van der Waals surface area contributed by atoms with E-state index in [1.54, 1.807) is 36.4 Å². The first-order valence-electron chi connectivity index (χ1n) is 9.16. The van der Waals surface area contributed by atoms with Gasteiger partial charge >= 0.3 is 12.0 Å². The molecule has 30 heavy (non-hydrogen) atoms. The predicted octanol–water partition coefficient (Wildman–Crippen LogP) is 4.15. The number of nitrogens with zero attached hydrogens (tertiary/aromatic N) is 1. The largest absolute Gasteiger partial charge is 0.458 e. The van der Waals surface area contributed by atoms with Crippen molar-refractivity contribution in [3.05, 3.63) is 83.4 Å². The Balaban J connectivity index is 1.44. The molecule has 5 nitrogen and oxygen atoms in total. The highest BCUT2D eigenvalue weighted by atomic mass is 19.4. The normalized spacial score (nSPS) is 18.7. The van der Waals surface area contributed by atoms with Crippen molar-refractivity contribution in [2.45, 2.75) is 24.9 Å². The Morgan fingerprint density at radius 3 is 2.57 bits per heavy atom. The maximum absolute atomic E-state index is 12.9. The lowest BCUT2D eigenvalue weighted by atomic mass is 10.0. The van der Waals surface area contributed by atoms with Gasteiger partial charge in [0.15, 0.2) is 0 Å². The molecule has 0 saturated heterocycles. The lowest BCUT2D eigenvalue weighted by Crippen LogP contribution is -2.45. The van der Waals surface area contributed by atoms with E-state index in [1.807, 2.05) is 30.3 Å². The number of nitrogens with one attached hydrogen (secondary N) is 1. The second kappa shape index (κ2) is 7.46. The van der Waals surface area contributed by atoms with Crippen LogP contribution in [-0.4, -0.2) is 28.7 Å². The first-order valence-corrected chi connectivity index (χ1v) is 9.16. The Hall–Kier alpha value is -3.39. The molecule has 0 aliphatic carbocycles. The van der Waals surface area contributed by atoms with Gasteiger partial charge in [-0.15, -0.1) is 0 Å². The minimum absolute atomic E-state index is 0.0162. The Morgan fingerprint density at radius 2 is 1.83 bits per heavy atom. The van der Waals surface area contributed by atoms with Crippen molar-refractivity contribution < 1.29 is 27.9 Å². The molecule has 8 heteroatoms. The monoisotopic (exact) mass is 414 g/mol. The average Bonchev–Trinajstić information content (AvgIpc) is 3.15. The maximum Gasteiger partial charge on any atom is 0.458 e. The van der Waals surface area contributed by atoms with E-state index in [0.717, 1.165) is 10.8 Å². The average molecular weight is 414 g/mol. The fourth-order valence-corrected chi connectivity index (χ4v) is 3.20. The smallest absolute Gasteiger partial charge is 0.350 e. The van der Waals surface area contributed by atoms with Gasteiger partial charge in [-0.3, -0.25) is 4.79 Å². The first kappa shape index (κ1) is 19.9. The van der Waals surface area contributed by atoms with E-state index in [2.05, 4.69) is 15.3 Å². The first-order chi connectivity index (χ1) is 14.2. The van der Waals surface area contributed by atoms with Gasteiger partial charge in [0.25, 0.3) is 5.91 Å². The molecule has 1 heterocycles. The molecular weight excluding hydrogens is 397 g/mol. The summed E-state index contributed by atoms with van der Waals surface area (Å²) in [5.74, 6) is -3.58. The van der Waals surface area contributed by atoms with E-state index >= 15 is 0 Å². The van der Waals surface area contributed by atoms with E-state index in [-0.39, 0.29) is 18.2 Å². The number of aliphatic hydroxyl groups is 1. The van der Waals surface area contributed by atoms with Crippen LogP contribution in [0.3, 0.4) is 0 Å². The fraction of sp³-hybridized carbons (Fsp3) is 0.182. The summed E-state index contributed by atoms with van der Waals surface area (Å²) in [6.07, 6.45) is -5.76. The molecule has 1 aliphatic heterocycles. The summed E-state index contributed by atoms with van der Waals surface area (Å²) in [5, 5.41) is 17.8. The number of hydrogen-bond acceptors (Lipinski definition) is 4. The number of alkyl halides is 3. The van der Waals surface area contributed by atoms with Gasteiger partial charge in [0.1, 0.15) is 0 Å². The summed E-state index contributed by atoms with van der Waals surface area (Å²) in [4.78, 5) is 16.7. The number of benzene rings is 3. The van der Waals surface area contributed by atoms with Crippen molar-refractivity contribution in [3.8, 4) is 0 Å². The van der Waals surface area contributed by atoms with Crippen LogP contribution in [0.5, 0.6) is 0 Å². The minimum atomic E-state index is -4.95. The SMILES string of the molecule is O=C(NCc1cccc(C2=NOC(O)(C(F)(F)F)C2)c1)c1ccc2ccccc2c1. The molecule has 3 aromatic carbocycles. The molecule has 154 valence electrons. The van der Waals surface area contributed by atoms with Gasteiger partial charge in [-0.25, -0.2) is 0 Å². The Morgan fingerprint density at radius 1 is 1.07 bits per heavy atom. The van der Waals surface area contributed by atoms with E-state index in [4.69, 9.17) is 0 Å². The molecule has 0 bridgehead atoms. The highest BCUT2D eigenvalue weighted by Crippen LogP contribution is 2.38. The molecule has 1 aliphatic rings. The number of halogens is 3. The van der Waals surface area contributed by atoms with E-state index in [1.165, 1.54) is 0 Å². The van der Waals surface area contributed by atoms with Crippen LogP contribution in [0.4, 0.5) is 13.2 Å².